The highest BCUT2D eigenvalue weighted by atomic mass is 16.5. The van der Waals surface area contributed by atoms with E-state index in [0.717, 1.165) is 16.7 Å². The number of aryl methyl sites for hydroxylation is 2. The molecule has 1 N–H and O–H groups in total. The van der Waals surface area contributed by atoms with Gasteiger partial charge in [-0.15, -0.1) is 0 Å². The van der Waals surface area contributed by atoms with Crippen molar-refractivity contribution in [2.75, 3.05) is 27.4 Å². The van der Waals surface area contributed by atoms with Gasteiger partial charge in [-0.25, -0.2) is 9.59 Å². The monoisotopic (exact) mass is 424 g/mol. The van der Waals surface area contributed by atoms with Crippen molar-refractivity contribution in [3.8, 4) is 11.5 Å². The number of carbonyl (C=O) groups is 2. The van der Waals surface area contributed by atoms with Gasteiger partial charge in [-0.2, -0.15) is 0 Å². The molecule has 1 aliphatic rings. The maximum Gasteiger partial charge on any atom is 0.338 e. The van der Waals surface area contributed by atoms with Gasteiger partial charge in [0, 0.05) is 7.05 Å². The fraction of sp³-hybridized carbons (Fsp3) is 0.333. The quantitative estimate of drug-likeness (QED) is 0.682. The Morgan fingerprint density at radius 2 is 1.74 bits per heavy atom. The summed E-state index contributed by atoms with van der Waals surface area (Å²) in [4.78, 5) is 27.0. The molecule has 3 rings (SSSR count). The Morgan fingerprint density at radius 3 is 2.35 bits per heavy atom. The van der Waals surface area contributed by atoms with E-state index >= 15 is 0 Å². The molecular weight excluding hydrogens is 396 g/mol. The van der Waals surface area contributed by atoms with E-state index in [0.29, 0.717) is 22.8 Å². The second-order valence-corrected chi connectivity index (χ2v) is 7.33. The number of benzene rings is 2. The molecule has 2 aromatic rings. The van der Waals surface area contributed by atoms with Crippen molar-refractivity contribution < 1.29 is 23.8 Å². The lowest BCUT2D eigenvalue weighted by atomic mass is 9.94. The first kappa shape index (κ1) is 22.2. The number of methoxy groups -OCH3 is 1. The standard InChI is InChI=1S/C24H28N2O5/c1-6-30-23(27)21-20(14-31-19-10-7-15(2)16(3)13-19)26(4)24(28)25-22(21)17-8-11-18(29-5)12-9-17/h7-13,22H,6,14H2,1-5H3,(H,25,28)/t22-/m1/s1. The number of nitrogens with one attached hydrogen (secondary N) is 1. The van der Waals surface area contributed by atoms with Gasteiger partial charge < -0.3 is 19.5 Å². The van der Waals surface area contributed by atoms with E-state index in [1.165, 1.54) is 4.90 Å². The number of hydrogen-bond donors (Lipinski definition) is 1. The van der Waals surface area contributed by atoms with Crippen LogP contribution < -0.4 is 14.8 Å². The molecule has 1 heterocycles. The summed E-state index contributed by atoms with van der Waals surface area (Å²) in [7, 11) is 3.19. The zero-order valence-electron chi connectivity index (χ0n) is 18.5. The fourth-order valence-corrected chi connectivity index (χ4v) is 3.38. The van der Waals surface area contributed by atoms with Gasteiger partial charge >= 0.3 is 12.0 Å². The Hall–Kier alpha value is -3.48. The summed E-state index contributed by atoms with van der Waals surface area (Å²) in [6.07, 6.45) is 0. The van der Waals surface area contributed by atoms with E-state index in [1.807, 2.05) is 44.2 Å². The SMILES string of the molecule is CCOC(=O)C1=C(COc2ccc(C)c(C)c2)N(C)C(=O)N[C@@H]1c1ccc(OC)cc1. The van der Waals surface area contributed by atoms with E-state index < -0.39 is 12.0 Å². The van der Waals surface area contributed by atoms with E-state index in [2.05, 4.69) is 5.32 Å². The first-order valence-corrected chi connectivity index (χ1v) is 10.1. The number of rotatable bonds is 7. The molecule has 7 heteroatoms. The number of likely N-dealkylation sites (N-methyl/N-ethyl adjacent to an activating group) is 1. The predicted molar refractivity (Wildman–Crippen MR) is 117 cm³/mol. The van der Waals surface area contributed by atoms with Crippen LogP contribution in [0.2, 0.25) is 0 Å². The number of hydrogen-bond acceptors (Lipinski definition) is 5. The normalized spacial score (nSPS) is 16.1. The first-order valence-electron chi connectivity index (χ1n) is 10.1. The average Bonchev–Trinajstić information content (AvgIpc) is 2.77. The third-order valence-electron chi connectivity index (χ3n) is 5.38. The zero-order valence-corrected chi connectivity index (χ0v) is 18.5. The maximum absolute atomic E-state index is 12.9. The zero-order chi connectivity index (χ0) is 22.5. The molecule has 0 aromatic heterocycles. The molecule has 1 aliphatic heterocycles. The van der Waals surface area contributed by atoms with Crippen molar-refractivity contribution in [2.24, 2.45) is 0 Å². The number of amides is 2. The number of carbonyl (C=O) groups excluding carboxylic acids is 2. The molecule has 0 fully saturated rings. The molecule has 164 valence electrons. The van der Waals surface area contributed by atoms with Crippen LogP contribution in [-0.2, 0) is 9.53 Å². The minimum atomic E-state index is -0.660. The highest BCUT2D eigenvalue weighted by molar-refractivity contribution is 5.95. The summed E-state index contributed by atoms with van der Waals surface area (Å²) in [6, 6.07) is 12.0. The van der Waals surface area contributed by atoms with Gasteiger partial charge in [0.05, 0.1) is 31.0 Å². The molecule has 2 amide bonds. The molecule has 7 nitrogen and oxygen atoms in total. The van der Waals surface area contributed by atoms with Crippen LogP contribution in [0.1, 0.15) is 29.7 Å². The number of ether oxygens (including phenoxy) is 3. The van der Waals surface area contributed by atoms with Crippen LogP contribution in [0.3, 0.4) is 0 Å². The van der Waals surface area contributed by atoms with Crippen molar-refractivity contribution in [2.45, 2.75) is 26.8 Å². The number of urea groups is 1. The molecule has 1 atom stereocenters. The smallest absolute Gasteiger partial charge is 0.338 e. The van der Waals surface area contributed by atoms with Crippen LogP contribution in [0.5, 0.6) is 11.5 Å². The number of esters is 1. The molecule has 2 aromatic carbocycles. The average molecular weight is 424 g/mol. The van der Waals surface area contributed by atoms with E-state index in [1.54, 1.807) is 33.2 Å². The molecular formula is C24H28N2O5. The third kappa shape index (κ3) is 4.82. The fourth-order valence-electron chi connectivity index (χ4n) is 3.38. The minimum Gasteiger partial charge on any atom is -0.497 e. The van der Waals surface area contributed by atoms with Gasteiger partial charge in [0.25, 0.3) is 0 Å². The van der Waals surface area contributed by atoms with Gasteiger partial charge in [-0.3, -0.25) is 4.90 Å². The summed E-state index contributed by atoms with van der Waals surface area (Å²) in [5, 5.41) is 2.89. The second kappa shape index (κ2) is 9.55. The molecule has 0 radical (unpaired) electrons. The summed E-state index contributed by atoms with van der Waals surface area (Å²) in [6.45, 7) is 6.05. The van der Waals surface area contributed by atoms with E-state index in [9.17, 15) is 9.59 Å². The Kier molecular flexibility index (Phi) is 6.84. The lowest BCUT2D eigenvalue weighted by molar-refractivity contribution is -0.139. The Morgan fingerprint density at radius 1 is 1.06 bits per heavy atom. The van der Waals surface area contributed by atoms with Gasteiger partial charge in [0.2, 0.25) is 0 Å². The largest absolute Gasteiger partial charge is 0.497 e. The summed E-state index contributed by atoms with van der Waals surface area (Å²) in [5.41, 5.74) is 3.81. The highest BCUT2D eigenvalue weighted by Gasteiger charge is 2.37. The molecule has 0 spiro atoms. The Labute approximate surface area is 182 Å². The van der Waals surface area contributed by atoms with Crippen LogP contribution >= 0.6 is 0 Å². The first-order chi connectivity index (χ1) is 14.8. The van der Waals surface area contributed by atoms with Crippen LogP contribution in [0.15, 0.2) is 53.7 Å². The molecule has 0 unspecified atom stereocenters. The van der Waals surface area contributed by atoms with Gasteiger partial charge in [0.1, 0.15) is 18.1 Å². The van der Waals surface area contributed by atoms with E-state index in [4.69, 9.17) is 14.2 Å². The summed E-state index contributed by atoms with van der Waals surface area (Å²) < 4.78 is 16.5. The molecule has 0 saturated carbocycles. The van der Waals surface area contributed by atoms with Gasteiger partial charge in [-0.05, 0) is 61.7 Å². The van der Waals surface area contributed by atoms with Crippen molar-refractivity contribution in [1.82, 2.24) is 10.2 Å². The third-order valence-corrected chi connectivity index (χ3v) is 5.38. The van der Waals surface area contributed by atoms with E-state index in [-0.39, 0.29) is 19.2 Å². The van der Waals surface area contributed by atoms with Gasteiger partial charge in [0.15, 0.2) is 0 Å². The number of nitrogens with zero attached hydrogens (tertiary/aromatic N) is 1. The van der Waals surface area contributed by atoms with Crippen molar-refractivity contribution in [1.29, 1.82) is 0 Å². The lowest BCUT2D eigenvalue weighted by Gasteiger charge is -2.34. The van der Waals surface area contributed by atoms with Crippen LogP contribution in [0.25, 0.3) is 0 Å². The molecule has 0 saturated heterocycles. The highest BCUT2D eigenvalue weighted by Crippen LogP contribution is 2.32. The summed E-state index contributed by atoms with van der Waals surface area (Å²) >= 11 is 0. The summed E-state index contributed by atoms with van der Waals surface area (Å²) in [5.74, 6) is 0.857. The molecule has 31 heavy (non-hydrogen) atoms. The van der Waals surface area contributed by atoms with Crippen molar-refractivity contribution >= 4 is 12.0 Å². The lowest BCUT2D eigenvalue weighted by Crippen LogP contribution is -2.48. The van der Waals surface area contributed by atoms with Crippen LogP contribution in [-0.4, -0.2) is 44.3 Å². The van der Waals surface area contributed by atoms with Gasteiger partial charge in [-0.1, -0.05) is 18.2 Å². The minimum absolute atomic E-state index is 0.0488. The van der Waals surface area contributed by atoms with Crippen LogP contribution in [0, 0.1) is 13.8 Å². The van der Waals surface area contributed by atoms with Crippen molar-refractivity contribution in [3.63, 3.8) is 0 Å². The Balaban J connectivity index is 2.01. The molecule has 0 bridgehead atoms. The van der Waals surface area contributed by atoms with Crippen LogP contribution in [0.4, 0.5) is 4.79 Å². The topological polar surface area (TPSA) is 77.1 Å². The Bertz CT molecular complexity index is 998. The van der Waals surface area contributed by atoms with Crippen molar-refractivity contribution in [3.05, 3.63) is 70.4 Å². The second-order valence-electron chi connectivity index (χ2n) is 7.33. The maximum atomic E-state index is 12.9. The predicted octanol–water partition coefficient (Wildman–Crippen LogP) is 3.90. The molecule has 0 aliphatic carbocycles.